The van der Waals surface area contributed by atoms with E-state index in [1.54, 1.807) is 6.07 Å². The van der Waals surface area contributed by atoms with Crippen LogP contribution in [-0.4, -0.2) is 29.2 Å². The zero-order chi connectivity index (χ0) is 20.9. The van der Waals surface area contributed by atoms with Gasteiger partial charge in [-0.2, -0.15) is 10.4 Å². The van der Waals surface area contributed by atoms with E-state index < -0.39 is 0 Å². The first kappa shape index (κ1) is 21.1. The lowest BCUT2D eigenvalue weighted by Crippen LogP contribution is -2.21. The first-order valence-corrected chi connectivity index (χ1v) is 9.28. The highest BCUT2D eigenvalue weighted by molar-refractivity contribution is 5.93. The van der Waals surface area contributed by atoms with Crippen LogP contribution in [-0.2, 0) is 10.2 Å². The van der Waals surface area contributed by atoms with Crippen molar-refractivity contribution in [3.05, 3.63) is 29.5 Å². The largest absolute Gasteiger partial charge is 0.372 e. The number of carbonyl (C=O) groups excluding carboxylic acids is 1. The van der Waals surface area contributed by atoms with Gasteiger partial charge in [0.2, 0.25) is 11.7 Å². The van der Waals surface area contributed by atoms with Gasteiger partial charge in [-0.3, -0.25) is 9.89 Å². The number of nitriles is 1. The summed E-state index contributed by atoms with van der Waals surface area (Å²) in [6, 6.07) is 7.75. The van der Waals surface area contributed by atoms with Gasteiger partial charge in [-0.05, 0) is 32.0 Å². The van der Waals surface area contributed by atoms with Gasteiger partial charge < -0.3 is 10.2 Å². The quantitative estimate of drug-likeness (QED) is 0.700. The summed E-state index contributed by atoms with van der Waals surface area (Å²) < 4.78 is 0. The van der Waals surface area contributed by atoms with E-state index in [0.717, 1.165) is 18.8 Å². The molecule has 0 atom stereocenters. The third kappa shape index (κ3) is 4.74. The van der Waals surface area contributed by atoms with Gasteiger partial charge in [-0.1, -0.05) is 20.8 Å². The molecule has 28 heavy (non-hydrogen) atoms. The van der Waals surface area contributed by atoms with E-state index in [1.807, 2.05) is 32.9 Å². The Morgan fingerprint density at radius 1 is 1.29 bits per heavy atom. The number of hydrogen-bond acceptors (Lipinski definition) is 6. The van der Waals surface area contributed by atoms with Gasteiger partial charge in [0.1, 0.15) is 17.3 Å². The topological polar surface area (TPSA) is 110 Å². The number of azo groups is 1. The Balaban J connectivity index is 2.44. The summed E-state index contributed by atoms with van der Waals surface area (Å²) in [4.78, 5) is 13.8. The maximum absolute atomic E-state index is 11.6. The van der Waals surface area contributed by atoms with E-state index >= 15 is 0 Å². The van der Waals surface area contributed by atoms with Crippen LogP contribution < -0.4 is 10.2 Å². The summed E-state index contributed by atoms with van der Waals surface area (Å²) >= 11 is 0. The summed E-state index contributed by atoms with van der Waals surface area (Å²) in [5, 5.41) is 27.7. The molecule has 0 saturated carbocycles. The van der Waals surface area contributed by atoms with Gasteiger partial charge in [0, 0.05) is 31.1 Å². The predicted molar refractivity (Wildman–Crippen MR) is 110 cm³/mol. The maximum atomic E-state index is 11.6. The summed E-state index contributed by atoms with van der Waals surface area (Å²) in [6.07, 6.45) is 0. The zero-order valence-corrected chi connectivity index (χ0v) is 17.3. The Hall–Kier alpha value is -3.21. The number of aromatic amines is 1. The van der Waals surface area contributed by atoms with Crippen molar-refractivity contribution >= 4 is 28.8 Å². The van der Waals surface area contributed by atoms with Gasteiger partial charge in [-0.25, -0.2) is 0 Å². The minimum Gasteiger partial charge on any atom is -0.372 e. The van der Waals surface area contributed by atoms with Crippen LogP contribution in [0.25, 0.3) is 0 Å². The van der Waals surface area contributed by atoms with Crippen molar-refractivity contribution in [1.29, 1.82) is 5.26 Å². The average molecular weight is 381 g/mol. The number of amides is 1. The van der Waals surface area contributed by atoms with E-state index in [9.17, 15) is 10.1 Å². The Morgan fingerprint density at radius 3 is 2.50 bits per heavy atom. The van der Waals surface area contributed by atoms with Crippen molar-refractivity contribution in [3.8, 4) is 6.07 Å². The lowest BCUT2D eigenvalue weighted by atomic mass is 9.90. The van der Waals surface area contributed by atoms with Crippen LogP contribution in [0.2, 0.25) is 0 Å². The fourth-order valence-electron chi connectivity index (χ4n) is 2.84. The predicted octanol–water partition coefficient (Wildman–Crippen LogP) is 4.80. The van der Waals surface area contributed by atoms with Crippen LogP contribution in [0.3, 0.4) is 0 Å². The fraction of sp³-hybridized carbons (Fsp3) is 0.450. The Labute approximate surface area is 165 Å². The Morgan fingerprint density at radius 2 is 1.96 bits per heavy atom. The summed E-state index contributed by atoms with van der Waals surface area (Å²) in [6.45, 7) is 13.3. The number of carbonyl (C=O) groups is 1. The fourth-order valence-corrected chi connectivity index (χ4v) is 2.84. The second-order valence-electron chi connectivity index (χ2n) is 7.41. The van der Waals surface area contributed by atoms with Gasteiger partial charge in [-0.15, -0.1) is 10.2 Å². The molecule has 2 rings (SSSR count). The molecule has 1 heterocycles. The number of hydrogen-bond donors (Lipinski definition) is 2. The van der Waals surface area contributed by atoms with E-state index in [1.165, 1.54) is 6.92 Å². The molecule has 0 aliphatic heterocycles. The SMILES string of the molecule is CCN(CC)c1ccc(N=Nc2n[nH]c(C(C)(C)C)c2C#N)c(NC(C)=O)c1. The van der Waals surface area contributed by atoms with E-state index in [0.29, 0.717) is 22.6 Å². The highest BCUT2D eigenvalue weighted by Crippen LogP contribution is 2.33. The third-order valence-electron chi connectivity index (χ3n) is 4.28. The van der Waals surface area contributed by atoms with Crippen LogP contribution in [0.4, 0.5) is 22.9 Å². The molecule has 0 unspecified atom stereocenters. The molecule has 2 aromatic rings. The van der Waals surface area contributed by atoms with Gasteiger partial charge in [0.25, 0.3) is 0 Å². The Bertz CT molecular complexity index is 912. The van der Waals surface area contributed by atoms with E-state index in [4.69, 9.17) is 0 Å². The molecule has 0 saturated heterocycles. The molecule has 0 aliphatic rings. The minimum atomic E-state index is -0.265. The summed E-state index contributed by atoms with van der Waals surface area (Å²) in [5.41, 5.74) is 2.86. The monoisotopic (exact) mass is 381 g/mol. The standard InChI is InChI=1S/C20H27N7O/c1-7-27(8-2)14-9-10-16(17(11-14)22-13(3)28)23-25-19-15(12-21)18(24-26-19)20(4,5)6/h9-11H,7-8H2,1-6H3,(H,22,28)(H,24,26). The van der Waals surface area contributed by atoms with Crippen molar-refractivity contribution < 1.29 is 4.79 Å². The number of H-pyrrole nitrogens is 1. The number of nitrogens with zero attached hydrogens (tertiary/aromatic N) is 5. The molecule has 0 fully saturated rings. The summed E-state index contributed by atoms with van der Waals surface area (Å²) in [7, 11) is 0. The number of anilines is 2. The summed E-state index contributed by atoms with van der Waals surface area (Å²) in [5.74, 6) is 0.0367. The van der Waals surface area contributed by atoms with E-state index in [2.05, 4.69) is 50.6 Å². The Kier molecular flexibility index (Phi) is 6.52. The first-order chi connectivity index (χ1) is 13.2. The molecule has 148 valence electrons. The maximum Gasteiger partial charge on any atom is 0.221 e. The van der Waals surface area contributed by atoms with Crippen molar-refractivity contribution in [2.24, 2.45) is 10.2 Å². The minimum absolute atomic E-state index is 0.194. The van der Waals surface area contributed by atoms with Gasteiger partial charge >= 0.3 is 0 Å². The number of aromatic nitrogens is 2. The molecule has 8 heteroatoms. The average Bonchev–Trinajstić information content (AvgIpc) is 3.05. The van der Waals surface area contributed by atoms with Crippen LogP contribution >= 0.6 is 0 Å². The van der Waals surface area contributed by atoms with E-state index in [-0.39, 0.29) is 17.1 Å². The molecular weight excluding hydrogens is 354 g/mol. The lowest BCUT2D eigenvalue weighted by Gasteiger charge is -2.22. The normalized spacial score (nSPS) is 11.5. The number of benzene rings is 1. The van der Waals surface area contributed by atoms with Crippen molar-refractivity contribution in [3.63, 3.8) is 0 Å². The number of rotatable bonds is 6. The zero-order valence-electron chi connectivity index (χ0n) is 17.3. The molecule has 0 aliphatic carbocycles. The van der Waals surface area contributed by atoms with Crippen molar-refractivity contribution in [2.75, 3.05) is 23.3 Å². The molecule has 0 radical (unpaired) electrons. The molecule has 1 aromatic carbocycles. The van der Waals surface area contributed by atoms with Crippen LogP contribution in [0.1, 0.15) is 52.8 Å². The highest BCUT2D eigenvalue weighted by Gasteiger charge is 2.24. The lowest BCUT2D eigenvalue weighted by molar-refractivity contribution is -0.114. The first-order valence-electron chi connectivity index (χ1n) is 9.28. The second-order valence-corrected chi connectivity index (χ2v) is 7.41. The van der Waals surface area contributed by atoms with Crippen molar-refractivity contribution in [1.82, 2.24) is 10.2 Å². The van der Waals surface area contributed by atoms with Crippen LogP contribution in [0.5, 0.6) is 0 Å². The van der Waals surface area contributed by atoms with Gasteiger partial charge in [0.05, 0.1) is 11.4 Å². The molecule has 0 spiro atoms. The molecule has 8 nitrogen and oxygen atoms in total. The third-order valence-corrected chi connectivity index (χ3v) is 4.28. The highest BCUT2D eigenvalue weighted by atomic mass is 16.1. The molecule has 0 bridgehead atoms. The van der Waals surface area contributed by atoms with Crippen molar-refractivity contribution in [2.45, 2.75) is 47.0 Å². The second kappa shape index (κ2) is 8.65. The van der Waals surface area contributed by atoms with Gasteiger partial charge in [0.15, 0.2) is 0 Å². The van der Waals surface area contributed by atoms with Crippen LogP contribution in [0.15, 0.2) is 28.4 Å². The molecule has 1 amide bonds. The smallest absolute Gasteiger partial charge is 0.221 e. The van der Waals surface area contributed by atoms with Crippen LogP contribution in [0, 0.1) is 11.3 Å². The molecule has 2 N–H and O–H groups in total. The molecule has 1 aromatic heterocycles. The molecular formula is C20H27N7O. The number of nitrogens with one attached hydrogen (secondary N) is 2.